The zero-order valence-corrected chi connectivity index (χ0v) is 8.78. The van der Waals surface area contributed by atoms with Crippen LogP contribution in [0.4, 0.5) is 0 Å². The van der Waals surface area contributed by atoms with Gasteiger partial charge < -0.3 is 14.2 Å². The van der Waals surface area contributed by atoms with Crippen LogP contribution < -0.4 is 0 Å². The third-order valence-electron chi connectivity index (χ3n) is 1.70. The zero-order valence-electron chi connectivity index (χ0n) is 8.78. The summed E-state index contributed by atoms with van der Waals surface area (Å²) in [5, 5.41) is 0. The summed E-state index contributed by atoms with van der Waals surface area (Å²) in [5.74, 6) is -0.489. The van der Waals surface area contributed by atoms with Crippen molar-refractivity contribution in [2.45, 2.75) is 19.3 Å². The average molecular weight is 200 g/mol. The Morgan fingerprint density at radius 3 is 2.36 bits per heavy atom. The number of hydrogen-bond donors (Lipinski definition) is 0. The molecular weight excluding hydrogens is 184 g/mol. The standard InChI is InChI=1S/C10H16O4/c1-6-9(12-4)14-8(3)7(2)10(11)13-5/h6,8-9H,1-2H2,3-5H3. The Morgan fingerprint density at radius 1 is 1.43 bits per heavy atom. The molecule has 0 fully saturated rings. The molecule has 0 radical (unpaired) electrons. The van der Waals surface area contributed by atoms with Crippen LogP contribution in [0.1, 0.15) is 6.92 Å². The molecule has 0 aliphatic rings. The van der Waals surface area contributed by atoms with Crippen molar-refractivity contribution in [1.29, 1.82) is 0 Å². The zero-order chi connectivity index (χ0) is 11.1. The van der Waals surface area contributed by atoms with Gasteiger partial charge in [-0.2, -0.15) is 0 Å². The molecule has 0 saturated carbocycles. The molecular formula is C10H16O4. The summed E-state index contributed by atoms with van der Waals surface area (Å²) in [6.07, 6.45) is 0.470. The van der Waals surface area contributed by atoms with Gasteiger partial charge in [-0.25, -0.2) is 4.79 Å². The highest BCUT2D eigenvalue weighted by molar-refractivity contribution is 5.88. The Bertz CT molecular complexity index is 222. The van der Waals surface area contributed by atoms with Gasteiger partial charge in [0.15, 0.2) is 6.29 Å². The number of rotatable bonds is 6. The monoisotopic (exact) mass is 200 g/mol. The third kappa shape index (κ3) is 3.72. The van der Waals surface area contributed by atoms with Gasteiger partial charge in [-0.3, -0.25) is 0 Å². The Kier molecular flexibility index (Phi) is 5.83. The molecule has 2 atom stereocenters. The molecule has 0 rings (SSSR count). The lowest BCUT2D eigenvalue weighted by Crippen LogP contribution is -2.24. The van der Waals surface area contributed by atoms with E-state index in [9.17, 15) is 4.79 Å². The number of ether oxygens (including phenoxy) is 3. The molecule has 4 nitrogen and oxygen atoms in total. The van der Waals surface area contributed by atoms with Crippen LogP contribution in [0.5, 0.6) is 0 Å². The molecule has 0 bridgehead atoms. The fourth-order valence-electron chi connectivity index (χ4n) is 0.788. The molecule has 80 valence electrons. The maximum Gasteiger partial charge on any atom is 0.335 e. The summed E-state index contributed by atoms with van der Waals surface area (Å²) in [4.78, 5) is 11.0. The second kappa shape index (κ2) is 6.34. The van der Waals surface area contributed by atoms with Crippen LogP contribution in [0.15, 0.2) is 24.8 Å². The molecule has 0 aromatic heterocycles. The van der Waals surface area contributed by atoms with Gasteiger partial charge in [-0.1, -0.05) is 13.2 Å². The highest BCUT2D eigenvalue weighted by Gasteiger charge is 2.18. The molecule has 2 unspecified atom stereocenters. The fourth-order valence-corrected chi connectivity index (χ4v) is 0.788. The van der Waals surface area contributed by atoms with Gasteiger partial charge in [0.25, 0.3) is 0 Å². The Morgan fingerprint density at radius 2 is 2.00 bits per heavy atom. The molecule has 0 amide bonds. The molecule has 0 aliphatic heterocycles. The summed E-state index contributed by atoms with van der Waals surface area (Å²) in [7, 11) is 2.78. The lowest BCUT2D eigenvalue weighted by atomic mass is 10.2. The number of methoxy groups -OCH3 is 2. The first-order valence-corrected chi connectivity index (χ1v) is 4.14. The first-order chi connectivity index (χ1) is 6.56. The number of esters is 1. The molecule has 0 N–H and O–H groups in total. The number of hydrogen-bond acceptors (Lipinski definition) is 4. The van der Waals surface area contributed by atoms with E-state index in [0.717, 1.165) is 0 Å². The molecule has 0 aromatic carbocycles. The Balaban J connectivity index is 4.19. The van der Waals surface area contributed by atoms with E-state index in [1.807, 2.05) is 0 Å². The van der Waals surface area contributed by atoms with Crippen molar-refractivity contribution in [3.8, 4) is 0 Å². The first-order valence-electron chi connectivity index (χ1n) is 4.14. The summed E-state index contributed by atoms with van der Waals surface area (Å²) in [6.45, 7) is 8.76. The van der Waals surface area contributed by atoms with E-state index in [0.29, 0.717) is 0 Å². The van der Waals surface area contributed by atoms with Crippen molar-refractivity contribution < 1.29 is 19.0 Å². The van der Waals surface area contributed by atoms with Gasteiger partial charge in [0.1, 0.15) is 0 Å². The van der Waals surface area contributed by atoms with E-state index in [-0.39, 0.29) is 5.57 Å². The predicted octanol–water partition coefficient (Wildman–Crippen LogP) is 1.28. The largest absolute Gasteiger partial charge is 0.466 e. The minimum Gasteiger partial charge on any atom is -0.466 e. The van der Waals surface area contributed by atoms with E-state index in [1.165, 1.54) is 20.3 Å². The van der Waals surface area contributed by atoms with E-state index in [4.69, 9.17) is 9.47 Å². The van der Waals surface area contributed by atoms with E-state index in [1.54, 1.807) is 6.92 Å². The van der Waals surface area contributed by atoms with Crippen molar-refractivity contribution in [3.63, 3.8) is 0 Å². The lowest BCUT2D eigenvalue weighted by Gasteiger charge is -2.18. The third-order valence-corrected chi connectivity index (χ3v) is 1.70. The average Bonchev–Trinajstić information content (AvgIpc) is 2.23. The minimum atomic E-state index is -0.550. The molecule has 0 spiro atoms. The van der Waals surface area contributed by atoms with Crippen molar-refractivity contribution in [1.82, 2.24) is 0 Å². The molecule has 0 aliphatic carbocycles. The normalized spacial score (nSPS) is 14.2. The minimum absolute atomic E-state index is 0.247. The van der Waals surface area contributed by atoms with E-state index < -0.39 is 18.4 Å². The van der Waals surface area contributed by atoms with Crippen LogP contribution in [-0.2, 0) is 19.0 Å². The van der Waals surface area contributed by atoms with Crippen molar-refractivity contribution >= 4 is 5.97 Å². The molecule has 4 heteroatoms. The van der Waals surface area contributed by atoms with Crippen LogP contribution >= 0.6 is 0 Å². The molecule has 14 heavy (non-hydrogen) atoms. The number of carbonyl (C=O) groups excluding carboxylic acids is 1. The number of carbonyl (C=O) groups is 1. The highest BCUT2D eigenvalue weighted by Crippen LogP contribution is 2.09. The molecule has 0 aromatic rings. The van der Waals surface area contributed by atoms with Crippen molar-refractivity contribution in [2.75, 3.05) is 14.2 Å². The summed E-state index contributed by atoms with van der Waals surface area (Å²) < 4.78 is 14.7. The quantitative estimate of drug-likeness (QED) is 0.280. The lowest BCUT2D eigenvalue weighted by molar-refractivity contribution is -0.142. The second-order valence-electron chi connectivity index (χ2n) is 2.63. The fraction of sp³-hybridized carbons (Fsp3) is 0.500. The van der Waals surface area contributed by atoms with Gasteiger partial charge in [-0.05, 0) is 13.0 Å². The molecule has 0 saturated heterocycles. The Hall–Kier alpha value is -1.13. The highest BCUT2D eigenvalue weighted by atomic mass is 16.7. The smallest absolute Gasteiger partial charge is 0.335 e. The van der Waals surface area contributed by atoms with Crippen LogP contribution in [0.3, 0.4) is 0 Å². The van der Waals surface area contributed by atoms with E-state index in [2.05, 4.69) is 17.9 Å². The topological polar surface area (TPSA) is 44.8 Å². The van der Waals surface area contributed by atoms with Gasteiger partial charge in [0.2, 0.25) is 0 Å². The van der Waals surface area contributed by atoms with Crippen LogP contribution in [-0.4, -0.2) is 32.6 Å². The van der Waals surface area contributed by atoms with Crippen LogP contribution in [0.2, 0.25) is 0 Å². The van der Waals surface area contributed by atoms with Crippen LogP contribution in [0.25, 0.3) is 0 Å². The van der Waals surface area contributed by atoms with Gasteiger partial charge in [-0.15, -0.1) is 0 Å². The Labute approximate surface area is 84.1 Å². The van der Waals surface area contributed by atoms with Crippen molar-refractivity contribution in [3.05, 3.63) is 24.8 Å². The first kappa shape index (κ1) is 12.9. The van der Waals surface area contributed by atoms with E-state index >= 15 is 0 Å². The van der Waals surface area contributed by atoms with Gasteiger partial charge >= 0.3 is 5.97 Å². The summed E-state index contributed by atoms with van der Waals surface area (Å²) in [5.41, 5.74) is 0.247. The maximum atomic E-state index is 11.0. The SMILES string of the molecule is C=CC(OC)OC(C)C(=C)C(=O)OC. The van der Waals surface area contributed by atoms with Gasteiger partial charge in [0, 0.05) is 7.11 Å². The van der Waals surface area contributed by atoms with Gasteiger partial charge in [0.05, 0.1) is 18.8 Å². The van der Waals surface area contributed by atoms with Crippen LogP contribution in [0, 0.1) is 0 Å². The van der Waals surface area contributed by atoms with Crippen molar-refractivity contribution in [2.24, 2.45) is 0 Å². The second-order valence-corrected chi connectivity index (χ2v) is 2.63. The summed E-state index contributed by atoms with van der Waals surface area (Å²) in [6, 6.07) is 0. The maximum absolute atomic E-state index is 11.0. The molecule has 0 heterocycles. The predicted molar refractivity (Wildman–Crippen MR) is 52.7 cm³/mol. The summed E-state index contributed by atoms with van der Waals surface area (Å²) >= 11 is 0.